The Kier molecular flexibility index (Phi) is 4.17. The Morgan fingerprint density at radius 2 is 1.29 bits per heavy atom. The minimum atomic E-state index is 0.722. The number of allylic oxidation sites excluding steroid dienone is 2. The van der Waals surface area contributed by atoms with E-state index in [1.165, 1.54) is 0 Å². The van der Waals surface area contributed by atoms with E-state index in [-0.39, 0.29) is 0 Å². The second-order valence-electron chi connectivity index (χ2n) is 3.68. The molecule has 0 aromatic heterocycles. The number of benzene rings is 2. The first-order valence-corrected chi connectivity index (χ1v) is 5.88. The number of hydrogen-bond acceptors (Lipinski definition) is 0. The molecule has 0 radical (unpaired) electrons. The molecule has 1 heteroatoms. The lowest BCUT2D eigenvalue weighted by atomic mass is 10.2. The quantitative estimate of drug-likeness (QED) is 0.664. The topological polar surface area (TPSA) is 0 Å². The fraction of sp³-hybridized carbons (Fsp3) is 0. The molecule has 2 aromatic rings. The molecule has 0 saturated heterocycles. The van der Waals surface area contributed by atoms with Crippen LogP contribution in [0.5, 0.6) is 0 Å². The van der Waals surface area contributed by atoms with Gasteiger partial charge in [0, 0.05) is 5.03 Å². The predicted octanol–water partition coefficient (Wildman–Crippen LogP) is 4.98. The monoisotopic (exact) mass is 240 g/mol. The van der Waals surface area contributed by atoms with Crippen LogP contribution in [0.4, 0.5) is 0 Å². The van der Waals surface area contributed by atoms with Crippen molar-refractivity contribution in [3.63, 3.8) is 0 Å². The molecule has 0 aliphatic rings. The van der Waals surface area contributed by atoms with E-state index in [2.05, 4.69) is 0 Å². The minimum Gasteiger partial charge on any atom is -0.0843 e. The molecular weight excluding hydrogens is 228 g/mol. The van der Waals surface area contributed by atoms with Crippen LogP contribution >= 0.6 is 11.6 Å². The predicted molar refractivity (Wildman–Crippen MR) is 75.7 cm³/mol. The molecule has 17 heavy (non-hydrogen) atoms. The molecule has 2 aromatic carbocycles. The molecule has 0 nitrogen and oxygen atoms in total. The van der Waals surface area contributed by atoms with E-state index < -0.39 is 0 Å². The lowest BCUT2D eigenvalue weighted by Gasteiger charge is -1.94. The molecule has 84 valence electrons. The molecule has 0 fully saturated rings. The van der Waals surface area contributed by atoms with Gasteiger partial charge in [-0.25, -0.2) is 0 Å². The molecule has 0 bridgehead atoms. The Bertz CT molecular complexity index is 510. The summed E-state index contributed by atoms with van der Waals surface area (Å²) in [7, 11) is 0. The molecule has 0 saturated carbocycles. The van der Waals surface area contributed by atoms with Crippen LogP contribution in [0, 0.1) is 0 Å². The summed E-state index contributed by atoms with van der Waals surface area (Å²) in [5.74, 6) is 0. The number of halogens is 1. The Morgan fingerprint density at radius 3 is 1.88 bits per heavy atom. The second-order valence-corrected chi connectivity index (χ2v) is 4.12. The summed E-state index contributed by atoms with van der Waals surface area (Å²) < 4.78 is 0. The third kappa shape index (κ3) is 3.93. The van der Waals surface area contributed by atoms with E-state index in [0.29, 0.717) is 0 Å². The Labute approximate surface area is 107 Å². The zero-order valence-corrected chi connectivity index (χ0v) is 10.1. The largest absolute Gasteiger partial charge is 0.0843 e. The summed E-state index contributed by atoms with van der Waals surface area (Å²) in [5.41, 5.74) is 2.25. The van der Waals surface area contributed by atoms with Crippen molar-refractivity contribution in [2.75, 3.05) is 0 Å². The van der Waals surface area contributed by atoms with Gasteiger partial charge in [0.05, 0.1) is 0 Å². The van der Waals surface area contributed by atoms with Gasteiger partial charge in [0.1, 0.15) is 0 Å². The van der Waals surface area contributed by atoms with Gasteiger partial charge in [0.15, 0.2) is 0 Å². The van der Waals surface area contributed by atoms with E-state index >= 15 is 0 Å². The number of rotatable bonds is 3. The molecule has 0 N–H and O–H groups in total. The van der Waals surface area contributed by atoms with Crippen LogP contribution in [0.2, 0.25) is 0 Å². The normalized spacial score (nSPS) is 11.9. The molecule has 0 spiro atoms. The van der Waals surface area contributed by atoms with Gasteiger partial charge < -0.3 is 0 Å². The summed E-state index contributed by atoms with van der Waals surface area (Å²) in [6.07, 6.45) is 5.85. The highest BCUT2D eigenvalue weighted by molar-refractivity contribution is 6.33. The van der Waals surface area contributed by atoms with Gasteiger partial charge in [-0.05, 0) is 23.3 Å². The van der Waals surface area contributed by atoms with Gasteiger partial charge in [-0.2, -0.15) is 0 Å². The number of hydrogen-bond donors (Lipinski definition) is 0. The van der Waals surface area contributed by atoms with Gasteiger partial charge in [-0.1, -0.05) is 78.3 Å². The first kappa shape index (κ1) is 11.7. The van der Waals surface area contributed by atoms with Crippen LogP contribution in [0.15, 0.2) is 71.8 Å². The third-order valence-corrected chi connectivity index (χ3v) is 2.57. The molecule has 0 heterocycles. The van der Waals surface area contributed by atoms with Crippen molar-refractivity contribution in [3.05, 3.63) is 82.9 Å². The highest BCUT2D eigenvalue weighted by Crippen LogP contribution is 2.13. The molecular formula is C16H13Cl. The Morgan fingerprint density at radius 1 is 0.765 bits per heavy atom. The highest BCUT2D eigenvalue weighted by atomic mass is 35.5. The summed E-state index contributed by atoms with van der Waals surface area (Å²) in [5, 5.41) is 0.722. The summed E-state index contributed by atoms with van der Waals surface area (Å²) in [6, 6.07) is 20.1. The van der Waals surface area contributed by atoms with Gasteiger partial charge >= 0.3 is 0 Å². The standard InChI is InChI=1S/C16H13Cl/c17-16(13-15-9-5-2-6-10-15)12-11-14-7-3-1-4-8-14/h1-13H. The van der Waals surface area contributed by atoms with E-state index in [4.69, 9.17) is 11.6 Å². The first-order chi connectivity index (χ1) is 8.34. The zero-order chi connectivity index (χ0) is 11.9. The van der Waals surface area contributed by atoms with Crippen molar-refractivity contribution >= 4 is 23.8 Å². The molecule has 0 atom stereocenters. The van der Waals surface area contributed by atoms with Crippen LogP contribution in [0.3, 0.4) is 0 Å². The van der Waals surface area contributed by atoms with Gasteiger partial charge in [0.25, 0.3) is 0 Å². The lowest BCUT2D eigenvalue weighted by Crippen LogP contribution is -1.72. The van der Waals surface area contributed by atoms with Crippen molar-refractivity contribution in [3.8, 4) is 0 Å². The Balaban J connectivity index is 2.09. The Hall–Kier alpha value is -1.79. The summed E-state index contributed by atoms with van der Waals surface area (Å²) in [6.45, 7) is 0. The van der Waals surface area contributed by atoms with Crippen LogP contribution in [-0.4, -0.2) is 0 Å². The lowest BCUT2D eigenvalue weighted by molar-refractivity contribution is 1.65. The van der Waals surface area contributed by atoms with Crippen LogP contribution in [0.25, 0.3) is 12.2 Å². The van der Waals surface area contributed by atoms with Crippen molar-refractivity contribution in [1.82, 2.24) is 0 Å². The maximum Gasteiger partial charge on any atom is 0.0412 e. The van der Waals surface area contributed by atoms with E-state index in [1.54, 1.807) is 0 Å². The molecule has 0 unspecified atom stereocenters. The molecule has 0 aliphatic heterocycles. The van der Waals surface area contributed by atoms with Gasteiger partial charge in [-0.15, -0.1) is 0 Å². The zero-order valence-electron chi connectivity index (χ0n) is 9.38. The summed E-state index contributed by atoms with van der Waals surface area (Å²) in [4.78, 5) is 0. The van der Waals surface area contributed by atoms with Crippen LogP contribution in [0.1, 0.15) is 11.1 Å². The van der Waals surface area contributed by atoms with Crippen molar-refractivity contribution in [2.24, 2.45) is 0 Å². The summed E-state index contributed by atoms with van der Waals surface area (Å²) >= 11 is 6.14. The fourth-order valence-corrected chi connectivity index (χ4v) is 1.69. The molecule has 0 amide bonds. The van der Waals surface area contributed by atoms with E-state index in [1.807, 2.05) is 78.9 Å². The SMILES string of the molecule is ClC(C=Cc1ccccc1)=Cc1ccccc1. The highest BCUT2D eigenvalue weighted by Gasteiger charge is 1.89. The average molecular weight is 241 g/mol. The van der Waals surface area contributed by atoms with Crippen LogP contribution in [-0.2, 0) is 0 Å². The van der Waals surface area contributed by atoms with Gasteiger partial charge in [-0.3, -0.25) is 0 Å². The second kappa shape index (κ2) is 6.07. The first-order valence-electron chi connectivity index (χ1n) is 5.50. The maximum absolute atomic E-state index is 6.14. The van der Waals surface area contributed by atoms with E-state index in [0.717, 1.165) is 16.2 Å². The van der Waals surface area contributed by atoms with Crippen molar-refractivity contribution in [2.45, 2.75) is 0 Å². The molecule has 2 rings (SSSR count). The fourth-order valence-electron chi connectivity index (χ4n) is 1.50. The van der Waals surface area contributed by atoms with Crippen LogP contribution < -0.4 is 0 Å². The van der Waals surface area contributed by atoms with Gasteiger partial charge in [0.2, 0.25) is 0 Å². The smallest absolute Gasteiger partial charge is 0.0412 e. The van der Waals surface area contributed by atoms with E-state index in [9.17, 15) is 0 Å². The average Bonchev–Trinajstić information content (AvgIpc) is 2.39. The molecule has 0 aliphatic carbocycles. The minimum absolute atomic E-state index is 0.722. The maximum atomic E-state index is 6.14. The van der Waals surface area contributed by atoms with Crippen molar-refractivity contribution in [1.29, 1.82) is 0 Å². The third-order valence-electron chi connectivity index (χ3n) is 2.34. The van der Waals surface area contributed by atoms with Crippen molar-refractivity contribution < 1.29 is 0 Å².